The van der Waals surface area contributed by atoms with Gasteiger partial charge >= 0.3 is 11.2 Å². The second-order valence-corrected chi connectivity index (χ2v) is 6.56. The molecule has 5 aromatic rings. The smallest absolute Gasteiger partial charge is 0.361 e. The van der Waals surface area contributed by atoms with E-state index in [0.717, 1.165) is 43.8 Å². The Labute approximate surface area is 156 Å². The lowest BCUT2D eigenvalue weighted by molar-refractivity contribution is 0.475. The number of benzene rings is 4. The zero-order valence-corrected chi connectivity index (χ0v) is 14.6. The molecule has 0 unspecified atom stereocenters. The van der Waals surface area contributed by atoms with Crippen molar-refractivity contribution in [3.8, 4) is 5.75 Å². The second-order valence-electron chi connectivity index (χ2n) is 6.56. The summed E-state index contributed by atoms with van der Waals surface area (Å²) in [5.41, 5.74) is 3.60. The van der Waals surface area contributed by atoms with Gasteiger partial charge in [0.2, 0.25) is 0 Å². The van der Waals surface area contributed by atoms with Crippen LogP contribution >= 0.6 is 0 Å². The van der Waals surface area contributed by atoms with Crippen LogP contribution in [0.3, 0.4) is 0 Å². The number of hydrogen-bond acceptors (Lipinski definition) is 1. The maximum absolute atomic E-state index is 10.4. The van der Waals surface area contributed by atoms with Crippen molar-refractivity contribution < 1.29 is 9.52 Å². The van der Waals surface area contributed by atoms with Gasteiger partial charge in [0.05, 0.1) is 10.8 Å². The highest BCUT2D eigenvalue weighted by molar-refractivity contribution is 6.04. The minimum atomic E-state index is 0.277. The van der Waals surface area contributed by atoms with Crippen molar-refractivity contribution in [1.82, 2.24) is 0 Å². The summed E-state index contributed by atoms with van der Waals surface area (Å²) in [6, 6.07) is 27.8. The van der Waals surface area contributed by atoms with Gasteiger partial charge in [-0.15, -0.1) is 0 Å². The van der Waals surface area contributed by atoms with Crippen molar-refractivity contribution in [3.63, 3.8) is 0 Å². The van der Waals surface area contributed by atoms with Crippen LogP contribution < -0.4 is 0 Å². The predicted molar refractivity (Wildman–Crippen MR) is 113 cm³/mol. The van der Waals surface area contributed by atoms with Crippen molar-refractivity contribution in [1.29, 1.82) is 0 Å². The summed E-state index contributed by atoms with van der Waals surface area (Å²) < 4.78 is 6.05. The highest BCUT2D eigenvalue weighted by Crippen LogP contribution is 2.33. The molecule has 2 nitrogen and oxygen atoms in total. The molecule has 0 atom stereocenters. The van der Waals surface area contributed by atoms with Gasteiger partial charge in [-0.25, -0.2) is 4.42 Å². The first-order valence-electron chi connectivity index (χ1n) is 8.94. The quantitative estimate of drug-likeness (QED) is 0.278. The van der Waals surface area contributed by atoms with E-state index in [1.54, 1.807) is 6.07 Å². The molecule has 0 aliphatic carbocycles. The third-order valence-corrected chi connectivity index (χ3v) is 4.94. The fraction of sp³-hybridized carbons (Fsp3) is 0. The lowest BCUT2D eigenvalue weighted by Gasteiger charge is -2.05. The molecule has 1 N–H and O–H groups in total. The molecule has 0 bridgehead atoms. The first-order valence-corrected chi connectivity index (χ1v) is 8.94. The van der Waals surface area contributed by atoms with Crippen molar-refractivity contribution >= 4 is 44.9 Å². The summed E-state index contributed by atoms with van der Waals surface area (Å²) in [4.78, 5) is 0. The molecule has 0 radical (unpaired) electrons. The van der Waals surface area contributed by atoms with E-state index in [9.17, 15) is 5.11 Å². The maximum atomic E-state index is 10.4. The number of rotatable bonds is 2. The monoisotopic (exact) mass is 349 g/mol. The van der Waals surface area contributed by atoms with E-state index in [2.05, 4.69) is 24.3 Å². The summed E-state index contributed by atoms with van der Waals surface area (Å²) in [6.45, 7) is 0. The average Bonchev–Trinajstić information content (AvgIpc) is 2.72. The number of fused-ring (bicyclic) bond motifs is 3. The lowest BCUT2D eigenvalue weighted by atomic mass is 10.00. The largest absolute Gasteiger partial charge is 0.507 e. The number of phenols is 1. The molecule has 0 amide bonds. The maximum Gasteiger partial charge on any atom is 0.361 e. The molecule has 4 aromatic carbocycles. The van der Waals surface area contributed by atoms with Crippen LogP contribution in [0, 0.1) is 0 Å². The van der Waals surface area contributed by atoms with Gasteiger partial charge in [-0.05, 0) is 35.0 Å². The Hall–Kier alpha value is -3.65. The fourth-order valence-electron chi connectivity index (χ4n) is 3.63. The zero-order chi connectivity index (χ0) is 18.2. The van der Waals surface area contributed by atoms with Gasteiger partial charge in [0, 0.05) is 23.3 Å². The van der Waals surface area contributed by atoms with Gasteiger partial charge in [0.25, 0.3) is 0 Å². The predicted octanol–water partition coefficient (Wildman–Crippen LogP) is 6.90. The highest BCUT2D eigenvalue weighted by atomic mass is 16.3. The highest BCUT2D eigenvalue weighted by Gasteiger charge is 2.16. The lowest BCUT2D eigenvalue weighted by Crippen LogP contribution is -1.84. The molecule has 2 heteroatoms. The summed E-state index contributed by atoms with van der Waals surface area (Å²) >= 11 is 0. The molecule has 1 aromatic heterocycles. The number of para-hydroxylation sites is 2. The van der Waals surface area contributed by atoms with E-state index >= 15 is 0 Å². The molecule has 27 heavy (non-hydrogen) atoms. The van der Waals surface area contributed by atoms with E-state index < -0.39 is 0 Å². The van der Waals surface area contributed by atoms with Gasteiger partial charge in [0.1, 0.15) is 5.75 Å². The van der Waals surface area contributed by atoms with Crippen LogP contribution in [0.2, 0.25) is 0 Å². The van der Waals surface area contributed by atoms with Crippen molar-refractivity contribution in [2.24, 2.45) is 0 Å². The van der Waals surface area contributed by atoms with Gasteiger partial charge in [-0.2, -0.15) is 0 Å². The van der Waals surface area contributed by atoms with Crippen LogP contribution in [0.4, 0.5) is 0 Å². The van der Waals surface area contributed by atoms with Crippen LogP contribution in [0.15, 0.2) is 89.3 Å². The third kappa shape index (κ3) is 2.63. The van der Waals surface area contributed by atoms with Crippen LogP contribution in [-0.4, -0.2) is 5.11 Å². The average molecular weight is 349 g/mol. The SMILES string of the molecule is Oc1ccc2ccccc2c1C=Cc1c2ccccc2[o+]c2ccccc12. The van der Waals surface area contributed by atoms with Gasteiger partial charge in [0.15, 0.2) is 0 Å². The summed E-state index contributed by atoms with van der Waals surface area (Å²) in [5.74, 6) is 0.277. The zero-order valence-electron chi connectivity index (χ0n) is 14.6. The molecule has 0 fully saturated rings. The molecule has 5 rings (SSSR count). The number of hydrogen-bond donors (Lipinski definition) is 1. The van der Waals surface area contributed by atoms with Gasteiger partial charge in [-0.1, -0.05) is 60.7 Å². The van der Waals surface area contributed by atoms with E-state index in [4.69, 9.17) is 4.42 Å². The Balaban J connectivity index is 1.79. The molecule has 0 saturated carbocycles. The molecule has 128 valence electrons. The Kier molecular flexibility index (Phi) is 3.61. The van der Waals surface area contributed by atoms with E-state index in [1.807, 2.05) is 66.7 Å². The summed E-state index contributed by atoms with van der Waals surface area (Å²) in [7, 11) is 0. The van der Waals surface area contributed by atoms with Gasteiger partial charge < -0.3 is 5.11 Å². The number of aromatic hydroxyl groups is 1. The molecule has 0 aliphatic rings. The molecule has 0 aliphatic heterocycles. The Bertz CT molecular complexity index is 1280. The molecular formula is C25H17O2+. The third-order valence-electron chi connectivity index (χ3n) is 4.94. The Morgan fingerprint density at radius 3 is 1.81 bits per heavy atom. The first kappa shape index (κ1) is 15.6. The summed E-state index contributed by atoms with van der Waals surface area (Å²) in [5, 5.41) is 14.7. The first-order chi connectivity index (χ1) is 13.3. The molecule has 0 saturated heterocycles. The van der Waals surface area contributed by atoms with Crippen molar-refractivity contribution in [3.05, 3.63) is 96.1 Å². The van der Waals surface area contributed by atoms with E-state index in [-0.39, 0.29) is 5.75 Å². The van der Waals surface area contributed by atoms with Crippen LogP contribution in [0.25, 0.3) is 44.9 Å². The van der Waals surface area contributed by atoms with E-state index in [1.165, 1.54) is 0 Å². The van der Waals surface area contributed by atoms with Gasteiger partial charge in [-0.3, -0.25) is 0 Å². The molecule has 1 heterocycles. The Morgan fingerprint density at radius 1 is 0.556 bits per heavy atom. The topological polar surface area (TPSA) is 31.5 Å². The van der Waals surface area contributed by atoms with Crippen LogP contribution in [0.5, 0.6) is 5.75 Å². The van der Waals surface area contributed by atoms with Crippen LogP contribution in [0.1, 0.15) is 11.1 Å². The number of phenolic OH excluding ortho intramolecular Hbond substituents is 1. The fourth-order valence-corrected chi connectivity index (χ4v) is 3.63. The second kappa shape index (κ2) is 6.26. The molecular weight excluding hydrogens is 332 g/mol. The Morgan fingerprint density at radius 2 is 1.11 bits per heavy atom. The minimum Gasteiger partial charge on any atom is -0.507 e. The van der Waals surface area contributed by atoms with E-state index in [0.29, 0.717) is 0 Å². The minimum absolute atomic E-state index is 0.277. The van der Waals surface area contributed by atoms with Crippen LogP contribution in [-0.2, 0) is 0 Å². The summed E-state index contributed by atoms with van der Waals surface area (Å²) in [6.07, 6.45) is 4.06. The standard InChI is InChI=1S/C25H16O2/c26-23-16-13-17-7-1-2-8-18(17)20(23)15-14-19-21-9-3-5-11-24(21)27-25-12-6-4-10-22(19)25/h1-16H/p+1. The van der Waals surface area contributed by atoms with Crippen molar-refractivity contribution in [2.45, 2.75) is 0 Å². The molecule has 0 spiro atoms. The van der Waals surface area contributed by atoms with Crippen molar-refractivity contribution in [2.75, 3.05) is 0 Å². The normalized spacial score (nSPS) is 11.7.